The van der Waals surface area contributed by atoms with Crippen molar-refractivity contribution in [2.75, 3.05) is 0 Å². The molecule has 0 saturated heterocycles. The van der Waals surface area contributed by atoms with Crippen molar-refractivity contribution in [1.29, 1.82) is 0 Å². The van der Waals surface area contributed by atoms with E-state index in [1.54, 1.807) is 11.3 Å². The second-order valence-corrected chi connectivity index (χ2v) is 6.63. The monoisotopic (exact) mass is 330 g/mol. The van der Waals surface area contributed by atoms with Crippen LogP contribution in [0.3, 0.4) is 0 Å². The Hall–Kier alpha value is -2.62. The molecular weight excluding hydrogens is 316 g/mol. The second kappa shape index (κ2) is 5.54. The standard InChI is InChI=1S/C13H14N8OS/c1-7-16-11-9(3-2-4-10(11)23-7)17-13(22)8-5-14-18-12(8)21-6-15-19-20-21/h5-6,9H,2-4H2,1H3,(H,14,18)(H,17,22)/t9-/m1/s1. The molecule has 0 fully saturated rings. The fourth-order valence-electron chi connectivity index (χ4n) is 2.80. The molecule has 3 aromatic rings. The molecule has 10 heteroatoms. The van der Waals surface area contributed by atoms with E-state index in [1.807, 2.05) is 6.92 Å². The highest BCUT2D eigenvalue weighted by molar-refractivity contribution is 7.11. The van der Waals surface area contributed by atoms with E-state index in [0.717, 1.165) is 30.0 Å². The Labute approximate surface area is 135 Å². The van der Waals surface area contributed by atoms with Gasteiger partial charge in [-0.05, 0) is 36.6 Å². The van der Waals surface area contributed by atoms with E-state index in [9.17, 15) is 4.79 Å². The molecule has 3 aromatic heterocycles. The third-order valence-corrected chi connectivity index (χ3v) is 4.85. The number of aromatic nitrogens is 7. The first kappa shape index (κ1) is 14.0. The van der Waals surface area contributed by atoms with Crippen LogP contribution in [0.4, 0.5) is 0 Å². The number of aromatic amines is 1. The quantitative estimate of drug-likeness (QED) is 0.739. The SMILES string of the molecule is Cc1nc2c(s1)CCC[C@H]2NC(=O)c1cn[nH]c1-n1cnnn1. The molecule has 0 radical (unpaired) electrons. The first-order valence-electron chi connectivity index (χ1n) is 7.26. The van der Waals surface area contributed by atoms with Gasteiger partial charge in [0.15, 0.2) is 5.82 Å². The summed E-state index contributed by atoms with van der Waals surface area (Å²) in [6.07, 6.45) is 5.86. The van der Waals surface area contributed by atoms with Crippen molar-refractivity contribution in [2.45, 2.75) is 32.2 Å². The third kappa shape index (κ3) is 2.50. The Bertz CT molecular complexity index is 836. The highest BCUT2D eigenvalue weighted by Crippen LogP contribution is 2.33. The number of rotatable bonds is 3. The van der Waals surface area contributed by atoms with Gasteiger partial charge in [-0.3, -0.25) is 9.89 Å². The number of thiazole rings is 1. The van der Waals surface area contributed by atoms with E-state index >= 15 is 0 Å². The maximum atomic E-state index is 12.6. The van der Waals surface area contributed by atoms with Crippen molar-refractivity contribution >= 4 is 17.2 Å². The van der Waals surface area contributed by atoms with Crippen LogP contribution < -0.4 is 5.32 Å². The van der Waals surface area contributed by atoms with E-state index in [4.69, 9.17) is 0 Å². The van der Waals surface area contributed by atoms with Crippen molar-refractivity contribution in [3.63, 3.8) is 0 Å². The smallest absolute Gasteiger partial charge is 0.257 e. The number of nitrogens with zero attached hydrogens (tertiary/aromatic N) is 6. The van der Waals surface area contributed by atoms with Crippen LogP contribution in [0.25, 0.3) is 5.82 Å². The van der Waals surface area contributed by atoms with E-state index in [1.165, 1.54) is 22.1 Å². The molecule has 23 heavy (non-hydrogen) atoms. The maximum absolute atomic E-state index is 12.6. The Morgan fingerprint density at radius 1 is 1.52 bits per heavy atom. The average Bonchev–Trinajstić information content (AvgIpc) is 3.26. The van der Waals surface area contributed by atoms with Crippen LogP contribution in [0.2, 0.25) is 0 Å². The van der Waals surface area contributed by atoms with Crippen LogP contribution in [-0.4, -0.2) is 41.3 Å². The fourth-order valence-corrected chi connectivity index (χ4v) is 3.84. The molecule has 0 spiro atoms. The zero-order valence-electron chi connectivity index (χ0n) is 12.4. The molecule has 0 bridgehead atoms. The summed E-state index contributed by atoms with van der Waals surface area (Å²) in [5, 5.41) is 21.7. The van der Waals surface area contributed by atoms with E-state index < -0.39 is 0 Å². The lowest BCUT2D eigenvalue weighted by molar-refractivity contribution is 0.0932. The second-order valence-electron chi connectivity index (χ2n) is 5.35. The Kier molecular flexibility index (Phi) is 3.37. The van der Waals surface area contributed by atoms with Gasteiger partial charge in [-0.15, -0.1) is 16.4 Å². The zero-order valence-corrected chi connectivity index (χ0v) is 13.2. The van der Waals surface area contributed by atoms with Gasteiger partial charge in [-0.2, -0.15) is 9.78 Å². The van der Waals surface area contributed by atoms with Gasteiger partial charge in [0.2, 0.25) is 0 Å². The van der Waals surface area contributed by atoms with E-state index in [0.29, 0.717) is 11.4 Å². The molecule has 1 atom stereocenters. The van der Waals surface area contributed by atoms with Crippen molar-refractivity contribution in [1.82, 2.24) is 40.7 Å². The molecule has 1 aliphatic rings. The largest absolute Gasteiger partial charge is 0.343 e. The minimum atomic E-state index is -0.215. The van der Waals surface area contributed by atoms with Gasteiger partial charge >= 0.3 is 0 Å². The molecule has 1 aliphatic carbocycles. The zero-order chi connectivity index (χ0) is 15.8. The fraction of sp³-hybridized carbons (Fsp3) is 0.385. The number of fused-ring (bicyclic) bond motifs is 1. The summed E-state index contributed by atoms with van der Waals surface area (Å²) in [6, 6.07) is -0.0622. The summed E-state index contributed by atoms with van der Waals surface area (Å²) in [6.45, 7) is 1.99. The van der Waals surface area contributed by atoms with Crippen LogP contribution in [0.5, 0.6) is 0 Å². The third-order valence-electron chi connectivity index (χ3n) is 3.81. The van der Waals surface area contributed by atoms with E-state index in [2.05, 4.69) is 36.0 Å². The minimum Gasteiger partial charge on any atom is -0.343 e. The van der Waals surface area contributed by atoms with Crippen LogP contribution in [0.1, 0.15) is 44.8 Å². The van der Waals surface area contributed by atoms with Gasteiger partial charge in [0.25, 0.3) is 5.91 Å². The molecule has 0 aromatic carbocycles. The highest BCUT2D eigenvalue weighted by Gasteiger charge is 2.27. The number of carbonyl (C=O) groups is 1. The van der Waals surface area contributed by atoms with Crippen LogP contribution in [0.15, 0.2) is 12.5 Å². The van der Waals surface area contributed by atoms with Crippen molar-refractivity contribution < 1.29 is 4.79 Å². The predicted octanol–water partition coefficient (Wildman–Crippen LogP) is 0.958. The molecular formula is C13H14N8OS. The summed E-state index contributed by atoms with van der Waals surface area (Å²) in [7, 11) is 0. The predicted molar refractivity (Wildman–Crippen MR) is 81.3 cm³/mol. The van der Waals surface area contributed by atoms with Gasteiger partial charge < -0.3 is 5.32 Å². The van der Waals surface area contributed by atoms with Gasteiger partial charge in [-0.25, -0.2) is 4.98 Å². The van der Waals surface area contributed by atoms with Crippen molar-refractivity contribution in [3.05, 3.63) is 33.7 Å². The number of carbonyl (C=O) groups excluding carboxylic acids is 1. The number of H-pyrrole nitrogens is 1. The van der Waals surface area contributed by atoms with Crippen LogP contribution >= 0.6 is 11.3 Å². The molecule has 0 aliphatic heterocycles. The van der Waals surface area contributed by atoms with Gasteiger partial charge in [0.05, 0.1) is 22.9 Å². The summed E-state index contributed by atoms with van der Waals surface area (Å²) in [5.74, 6) is 0.228. The molecule has 9 nitrogen and oxygen atoms in total. The lowest BCUT2D eigenvalue weighted by atomic mass is 9.97. The summed E-state index contributed by atoms with van der Waals surface area (Å²) < 4.78 is 1.38. The summed E-state index contributed by atoms with van der Waals surface area (Å²) >= 11 is 1.71. The topological polar surface area (TPSA) is 114 Å². The van der Waals surface area contributed by atoms with Gasteiger partial charge in [0.1, 0.15) is 11.9 Å². The molecule has 118 valence electrons. The number of aryl methyl sites for hydroxylation is 2. The average molecular weight is 330 g/mol. The molecule has 2 N–H and O–H groups in total. The maximum Gasteiger partial charge on any atom is 0.257 e. The number of hydrogen-bond acceptors (Lipinski definition) is 7. The normalized spacial score (nSPS) is 17.0. The molecule has 0 saturated carbocycles. The summed E-state index contributed by atoms with van der Waals surface area (Å²) in [5.41, 5.74) is 1.40. The molecule has 1 amide bonds. The highest BCUT2D eigenvalue weighted by atomic mass is 32.1. The summed E-state index contributed by atoms with van der Waals surface area (Å²) in [4.78, 5) is 18.5. The minimum absolute atomic E-state index is 0.0622. The van der Waals surface area contributed by atoms with E-state index in [-0.39, 0.29) is 11.9 Å². The van der Waals surface area contributed by atoms with Gasteiger partial charge in [-0.1, -0.05) is 0 Å². The van der Waals surface area contributed by atoms with Crippen molar-refractivity contribution in [2.24, 2.45) is 0 Å². The van der Waals surface area contributed by atoms with Gasteiger partial charge in [0, 0.05) is 4.88 Å². The molecule has 0 unspecified atom stereocenters. The number of amides is 1. The molecule has 4 rings (SSSR count). The van der Waals surface area contributed by atoms with Crippen LogP contribution in [-0.2, 0) is 6.42 Å². The number of hydrogen-bond donors (Lipinski definition) is 2. The Morgan fingerprint density at radius 3 is 3.26 bits per heavy atom. The Morgan fingerprint density at radius 2 is 2.43 bits per heavy atom. The molecule has 3 heterocycles. The van der Waals surface area contributed by atoms with Crippen LogP contribution in [0, 0.1) is 6.92 Å². The number of tetrazole rings is 1. The Balaban J connectivity index is 1.59. The lowest BCUT2D eigenvalue weighted by Gasteiger charge is -2.22. The number of nitrogens with one attached hydrogen (secondary N) is 2. The first-order chi connectivity index (χ1) is 11.2. The van der Waals surface area contributed by atoms with Crippen molar-refractivity contribution in [3.8, 4) is 5.82 Å². The lowest BCUT2D eigenvalue weighted by Crippen LogP contribution is -2.31. The first-order valence-corrected chi connectivity index (χ1v) is 8.08.